The molecule has 0 spiro atoms. The lowest BCUT2D eigenvalue weighted by Crippen LogP contribution is -2.16. The number of fused-ring (bicyclic) bond motifs is 1. The van der Waals surface area contributed by atoms with E-state index in [1.807, 2.05) is 6.07 Å². The molecule has 0 fully saturated rings. The Bertz CT molecular complexity index is 655. The number of aryl methyl sites for hydroxylation is 1. The van der Waals surface area contributed by atoms with Crippen molar-refractivity contribution < 1.29 is 0 Å². The number of pyridine rings is 1. The van der Waals surface area contributed by atoms with Gasteiger partial charge in [-0.2, -0.15) is 0 Å². The summed E-state index contributed by atoms with van der Waals surface area (Å²) in [6, 6.07) is 1.92. The third-order valence-electron chi connectivity index (χ3n) is 2.88. The molecule has 2 heterocycles. The van der Waals surface area contributed by atoms with Crippen molar-refractivity contribution in [2.24, 2.45) is 0 Å². The SMILES string of the molecule is CC#Cc1cnc2[nH]c(=O)n(CCCCC)c2c1. The standard InChI is InChI=1S/C14H17N3O/c1-3-5-6-8-17-12-9-11(7-4-2)10-15-13(12)16-14(17)18/h9-10H,3,5-6,8H2,1-2H3,(H,15,16,18). The summed E-state index contributed by atoms with van der Waals surface area (Å²) in [5.41, 5.74) is 2.23. The van der Waals surface area contributed by atoms with E-state index in [0.717, 1.165) is 36.9 Å². The Balaban J connectivity index is 2.42. The first-order chi connectivity index (χ1) is 8.76. The van der Waals surface area contributed by atoms with E-state index in [0.29, 0.717) is 5.65 Å². The molecule has 18 heavy (non-hydrogen) atoms. The van der Waals surface area contributed by atoms with E-state index in [1.54, 1.807) is 17.7 Å². The van der Waals surface area contributed by atoms with Crippen LogP contribution in [0, 0.1) is 11.8 Å². The van der Waals surface area contributed by atoms with E-state index >= 15 is 0 Å². The van der Waals surface area contributed by atoms with E-state index in [9.17, 15) is 4.79 Å². The summed E-state index contributed by atoms with van der Waals surface area (Å²) in [7, 11) is 0. The van der Waals surface area contributed by atoms with Crippen LogP contribution in [0.4, 0.5) is 0 Å². The number of nitrogens with zero attached hydrogens (tertiary/aromatic N) is 2. The Kier molecular flexibility index (Phi) is 3.83. The zero-order chi connectivity index (χ0) is 13.0. The zero-order valence-corrected chi connectivity index (χ0v) is 10.8. The van der Waals surface area contributed by atoms with Crippen LogP contribution in [0.2, 0.25) is 0 Å². The molecule has 4 heteroatoms. The quantitative estimate of drug-likeness (QED) is 0.661. The highest BCUT2D eigenvalue weighted by atomic mass is 16.1. The smallest absolute Gasteiger partial charge is 0.290 e. The maximum Gasteiger partial charge on any atom is 0.327 e. The average molecular weight is 243 g/mol. The number of hydrogen-bond donors (Lipinski definition) is 1. The molecule has 0 aromatic carbocycles. The van der Waals surface area contributed by atoms with Crippen molar-refractivity contribution in [3.8, 4) is 11.8 Å². The molecule has 0 saturated heterocycles. The zero-order valence-electron chi connectivity index (χ0n) is 10.8. The van der Waals surface area contributed by atoms with Gasteiger partial charge in [0, 0.05) is 18.3 Å². The Morgan fingerprint density at radius 2 is 2.28 bits per heavy atom. The molecule has 2 aromatic heterocycles. The molecular weight excluding hydrogens is 226 g/mol. The summed E-state index contributed by atoms with van der Waals surface area (Å²) in [6.45, 7) is 4.67. The van der Waals surface area contributed by atoms with Crippen LogP contribution in [0.3, 0.4) is 0 Å². The fraction of sp³-hybridized carbons (Fsp3) is 0.429. The first-order valence-corrected chi connectivity index (χ1v) is 6.27. The number of nitrogens with one attached hydrogen (secondary N) is 1. The number of hydrogen-bond acceptors (Lipinski definition) is 2. The minimum atomic E-state index is -0.0878. The summed E-state index contributed by atoms with van der Waals surface area (Å²) in [5, 5.41) is 0. The lowest BCUT2D eigenvalue weighted by Gasteiger charge is -2.02. The van der Waals surface area contributed by atoms with E-state index in [-0.39, 0.29) is 5.69 Å². The molecule has 0 aliphatic heterocycles. The van der Waals surface area contributed by atoms with Crippen LogP contribution in [0.1, 0.15) is 38.7 Å². The van der Waals surface area contributed by atoms with Gasteiger partial charge in [-0.15, -0.1) is 5.92 Å². The molecule has 2 rings (SSSR count). The normalized spacial score (nSPS) is 10.3. The molecule has 94 valence electrons. The van der Waals surface area contributed by atoms with Crippen molar-refractivity contribution in [2.75, 3.05) is 0 Å². The third kappa shape index (κ3) is 2.45. The van der Waals surface area contributed by atoms with Crippen LogP contribution >= 0.6 is 0 Å². The second-order valence-electron chi connectivity index (χ2n) is 4.26. The number of unbranched alkanes of at least 4 members (excludes halogenated alkanes) is 2. The van der Waals surface area contributed by atoms with Gasteiger partial charge in [-0.3, -0.25) is 9.55 Å². The van der Waals surface area contributed by atoms with Crippen LogP contribution in [0.15, 0.2) is 17.1 Å². The fourth-order valence-electron chi connectivity index (χ4n) is 1.99. The minimum absolute atomic E-state index is 0.0878. The van der Waals surface area contributed by atoms with Crippen molar-refractivity contribution in [2.45, 2.75) is 39.7 Å². The molecule has 2 aromatic rings. The van der Waals surface area contributed by atoms with Gasteiger partial charge in [0.25, 0.3) is 0 Å². The number of aromatic amines is 1. The molecular formula is C14H17N3O. The molecule has 0 aliphatic carbocycles. The first-order valence-electron chi connectivity index (χ1n) is 6.27. The van der Waals surface area contributed by atoms with Gasteiger partial charge in [-0.05, 0) is 19.4 Å². The van der Waals surface area contributed by atoms with Gasteiger partial charge in [0.1, 0.15) is 0 Å². The van der Waals surface area contributed by atoms with Crippen molar-refractivity contribution in [3.63, 3.8) is 0 Å². The van der Waals surface area contributed by atoms with Crippen molar-refractivity contribution >= 4 is 11.2 Å². The molecule has 4 nitrogen and oxygen atoms in total. The number of aromatic nitrogens is 3. The van der Waals surface area contributed by atoms with Crippen LogP contribution in [0.25, 0.3) is 11.2 Å². The van der Waals surface area contributed by atoms with E-state index in [2.05, 4.69) is 28.7 Å². The monoisotopic (exact) mass is 243 g/mol. The van der Waals surface area contributed by atoms with Crippen molar-refractivity contribution in [3.05, 3.63) is 28.3 Å². The van der Waals surface area contributed by atoms with Gasteiger partial charge in [-0.25, -0.2) is 9.78 Å². The van der Waals surface area contributed by atoms with Crippen LogP contribution in [-0.4, -0.2) is 14.5 Å². The average Bonchev–Trinajstić information content (AvgIpc) is 2.66. The third-order valence-corrected chi connectivity index (χ3v) is 2.88. The first kappa shape index (κ1) is 12.4. The van der Waals surface area contributed by atoms with Gasteiger partial charge in [-0.1, -0.05) is 25.7 Å². The predicted octanol–water partition coefficient (Wildman–Crippen LogP) is 2.29. The maximum atomic E-state index is 11.8. The summed E-state index contributed by atoms with van der Waals surface area (Å²) < 4.78 is 1.75. The second-order valence-corrected chi connectivity index (χ2v) is 4.26. The van der Waals surface area contributed by atoms with Crippen molar-refractivity contribution in [1.29, 1.82) is 0 Å². The van der Waals surface area contributed by atoms with Gasteiger partial charge in [0.05, 0.1) is 5.52 Å². The molecule has 0 amide bonds. The maximum absolute atomic E-state index is 11.8. The van der Waals surface area contributed by atoms with Gasteiger partial charge in [0.2, 0.25) is 0 Å². The molecule has 0 unspecified atom stereocenters. The number of rotatable bonds is 4. The van der Waals surface area contributed by atoms with E-state index in [1.165, 1.54) is 0 Å². The van der Waals surface area contributed by atoms with Crippen molar-refractivity contribution in [1.82, 2.24) is 14.5 Å². The van der Waals surface area contributed by atoms with E-state index in [4.69, 9.17) is 0 Å². The van der Waals surface area contributed by atoms with Gasteiger partial charge in [0.15, 0.2) is 5.65 Å². The fourth-order valence-corrected chi connectivity index (χ4v) is 1.99. The van der Waals surface area contributed by atoms with Gasteiger partial charge < -0.3 is 0 Å². The molecule has 0 saturated carbocycles. The minimum Gasteiger partial charge on any atom is -0.290 e. The van der Waals surface area contributed by atoms with Crippen LogP contribution in [0.5, 0.6) is 0 Å². The van der Waals surface area contributed by atoms with Gasteiger partial charge >= 0.3 is 5.69 Å². The Hall–Kier alpha value is -2.02. The summed E-state index contributed by atoms with van der Waals surface area (Å²) in [4.78, 5) is 18.8. The molecule has 0 atom stereocenters. The predicted molar refractivity (Wildman–Crippen MR) is 72.4 cm³/mol. The second kappa shape index (κ2) is 5.54. The molecule has 1 N–H and O–H groups in total. The lowest BCUT2D eigenvalue weighted by atomic mass is 10.2. The molecule has 0 radical (unpaired) electrons. The van der Waals surface area contributed by atoms with Crippen LogP contribution < -0.4 is 5.69 Å². The highest BCUT2D eigenvalue weighted by Crippen LogP contribution is 2.10. The Morgan fingerprint density at radius 3 is 3.00 bits per heavy atom. The lowest BCUT2D eigenvalue weighted by molar-refractivity contribution is 0.600. The summed E-state index contributed by atoms with van der Waals surface area (Å²) in [6.07, 6.45) is 4.96. The number of imidazole rings is 1. The highest BCUT2D eigenvalue weighted by molar-refractivity contribution is 5.72. The van der Waals surface area contributed by atoms with E-state index < -0.39 is 0 Å². The number of H-pyrrole nitrogens is 1. The Morgan fingerprint density at radius 1 is 1.44 bits per heavy atom. The molecule has 0 bridgehead atoms. The summed E-state index contributed by atoms with van der Waals surface area (Å²) >= 11 is 0. The highest BCUT2D eigenvalue weighted by Gasteiger charge is 2.07. The summed E-state index contributed by atoms with van der Waals surface area (Å²) in [5.74, 6) is 5.80. The van der Waals surface area contributed by atoms with Crippen LogP contribution in [-0.2, 0) is 6.54 Å². The largest absolute Gasteiger partial charge is 0.327 e. The Labute approximate surface area is 106 Å². The molecule has 0 aliphatic rings. The topological polar surface area (TPSA) is 50.7 Å².